The highest BCUT2D eigenvalue weighted by Crippen LogP contribution is 2.42. The Morgan fingerprint density at radius 2 is 1.69 bits per heavy atom. The van der Waals surface area contributed by atoms with Crippen molar-refractivity contribution in [2.24, 2.45) is 0 Å². The molecule has 0 bridgehead atoms. The van der Waals surface area contributed by atoms with Crippen LogP contribution in [0.2, 0.25) is 0 Å². The van der Waals surface area contributed by atoms with Gasteiger partial charge in [-0.25, -0.2) is 0 Å². The number of rotatable bonds is 3. The largest absolute Gasteiger partial charge is 0.497 e. The molecule has 0 amide bonds. The van der Waals surface area contributed by atoms with E-state index in [1.165, 1.54) is 20.2 Å². The summed E-state index contributed by atoms with van der Waals surface area (Å²) in [6, 6.07) is 19.9. The average molecular weight is 444 g/mol. The first-order valence-electron chi connectivity index (χ1n) is 10.6. The number of hydrogen-bond acceptors (Lipinski definition) is 6. The summed E-state index contributed by atoms with van der Waals surface area (Å²) in [5.41, 5.74) is 2.60. The molecule has 6 rings (SSSR count). The number of methoxy groups -OCH3 is 1. The fourth-order valence-corrected chi connectivity index (χ4v) is 5.69. The van der Waals surface area contributed by atoms with Gasteiger partial charge in [0.25, 0.3) is 0 Å². The minimum Gasteiger partial charge on any atom is -0.497 e. The highest BCUT2D eigenvalue weighted by atomic mass is 32.1. The van der Waals surface area contributed by atoms with Gasteiger partial charge < -0.3 is 18.8 Å². The van der Waals surface area contributed by atoms with E-state index in [9.17, 15) is 4.79 Å². The zero-order valence-electron chi connectivity index (χ0n) is 17.6. The number of anilines is 1. The molecule has 0 unspecified atom stereocenters. The van der Waals surface area contributed by atoms with Crippen molar-refractivity contribution in [2.75, 3.05) is 38.3 Å². The lowest BCUT2D eigenvalue weighted by Crippen LogP contribution is -2.36. The van der Waals surface area contributed by atoms with E-state index in [4.69, 9.17) is 13.9 Å². The molecule has 0 N–H and O–H groups in total. The lowest BCUT2D eigenvalue weighted by atomic mass is 10.0. The third kappa shape index (κ3) is 3.06. The van der Waals surface area contributed by atoms with E-state index in [2.05, 4.69) is 35.2 Å². The van der Waals surface area contributed by atoms with Crippen LogP contribution < -0.4 is 15.1 Å². The number of ether oxygens (including phenoxy) is 2. The first kappa shape index (κ1) is 19.3. The third-order valence-corrected chi connectivity index (χ3v) is 7.26. The van der Waals surface area contributed by atoms with Gasteiger partial charge in [0.1, 0.15) is 11.3 Å². The second-order valence-corrected chi connectivity index (χ2v) is 8.93. The van der Waals surface area contributed by atoms with E-state index in [1.54, 1.807) is 24.5 Å². The van der Waals surface area contributed by atoms with Crippen molar-refractivity contribution in [1.82, 2.24) is 0 Å². The summed E-state index contributed by atoms with van der Waals surface area (Å²) in [7, 11) is 1.68. The number of thiophene rings is 1. The van der Waals surface area contributed by atoms with Gasteiger partial charge in [-0.15, -0.1) is 11.3 Å². The first-order valence-corrected chi connectivity index (χ1v) is 11.4. The Kier molecular flexibility index (Phi) is 4.63. The summed E-state index contributed by atoms with van der Waals surface area (Å²) in [4.78, 5) is 15.0. The zero-order valence-corrected chi connectivity index (χ0v) is 18.4. The number of benzene rings is 3. The van der Waals surface area contributed by atoms with Crippen LogP contribution in [0.15, 0.2) is 69.9 Å². The molecule has 3 heterocycles. The molecule has 0 spiro atoms. The number of hydrogen-bond donors (Lipinski definition) is 0. The van der Waals surface area contributed by atoms with E-state index in [0.717, 1.165) is 16.9 Å². The summed E-state index contributed by atoms with van der Waals surface area (Å²) in [5.74, 6) is 1.45. The summed E-state index contributed by atoms with van der Waals surface area (Å²) in [5, 5.41) is 2.98. The smallest absolute Gasteiger partial charge is 0.200 e. The van der Waals surface area contributed by atoms with Crippen molar-refractivity contribution in [2.45, 2.75) is 0 Å². The molecule has 1 saturated heterocycles. The lowest BCUT2D eigenvalue weighted by molar-refractivity contribution is 0.121. The van der Waals surface area contributed by atoms with E-state index in [0.29, 0.717) is 43.2 Å². The fraction of sp³-hybridized carbons (Fsp3) is 0.192. The molecular formula is C26H21NO4S. The van der Waals surface area contributed by atoms with Gasteiger partial charge in [0, 0.05) is 50.5 Å². The third-order valence-electron chi connectivity index (χ3n) is 6.06. The summed E-state index contributed by atoms with van der Waals surface area (Å²) in [6.07, 6.45) is 0. The molecule has 32 heavy (non-hydrogen) atoms. The van der Waals surface area contributed by atoms with Crippen molar-refractivity contribution < 1.29 is 13.9 Å². The molecule has 5 aromatic rings. The van der Waals surface area contributed by atoms with Crippen LogP contribution in [-0.2, 0) is 4.74 Å². The normalized spacial score (nSPS) is 14.5. The molecule has 5 nitrogen and oxygen atoms in total. The van der Waals surface area contributed by atoms with E-state index < -0.39 is 0 Å². The molecule has 160 valence electrons. The van der Waals surface area contributed by atoms with Gasteiger partial charge in [0.15, 0.2) is 11.3 Å². The van der Waals surface area contributed by atoms with Crippen molar-refractivity contribution >= 4 is 48.4 Å². The molecule has 2 aromatic heterocycles. The molecule has 1 fully saturated rings. The molecule has 6 heteroatoms. The highest BCUT2D eigenvalue weighted by molar-refractivity contribution is 7.26. The van der Waals surface area contributed by atoms with Gasteiger partial charge in [-0.3, -0.25) is 4.79 Å². The van der Waals surface area contributed by atoms with Gasteiger partial charge in [-0.05, 0) is 24.3 Å². The second-order valence-electron chi connectivity index (χ2n) is 7.88. The maximum atomic E-state index is 13.0. The van der Waals surface area contributed by atoms with E-state index in [-0.39, 0.29) is 5.43 Å². The van der Waals surface area contributed by atoms with Gasteiger partial charge in [-0.1, -0.05) is 30.3 Å². The molecule has 3 aromatic carbocycles. The summed E-state index contributed by atoms with van der Waals surface area (Å²) in [6.45, 7) is 2.69. The van der Waals surface area contributed by atoms with E-state index in [1.807, 2.05) is 24.3 Å². The molecule has 0 radical (unpaired) electrons. The number of fused-ring (bicyclic) bond motifs is 4. The number of morpholine rings is 1. The molecule has 0 atom stereocenters. The molecule has 1 aliphatic rings. The summed E-state index contributed by atoms with van der Waals surface area (Å²) < 4.78 is 19.6. The van der Waals surface area contributed by atoms with Crippen molar-refractivity contribution in [3.63, 3.8) is 0 Å². The molecular weight excluding hydrogens is 422 g/mol. The SMILES string of the molecule is COc1ccc2c(c1)sc1c(-c3cccc4c(=O)cc(N5CCOCC5)oc34)cccc12. The quantitative estimate of drug-likeness (QED) is 0.359. The van der Waals surface area contributed by atoms with Gasteiger partial charge in [0.05, 0.1) is 25.7 Å². The first-order chi connectivity index (χ1) is 15.7. The van der Waals surface area contributed by atoms with Crippen molar-refractivity contribution in [3.8, 4) is 16.9 Å². The Hall–Kier alpha value is -3.35. The topological polar surface area (TPSA) is 51.9 Å². The maximum Gasteiger partial charge on any atom is 0.200 e. The minimum absolute atomic E-state index is 0.0251. The highest BCUT2D eigenvalue weighted by Gasteiger charge is 2.19. The minimum atomic E-state index is -0.0251. The molecule has 1 aliphatic heterocycles. The van der Waals surface area contributed by atoms with Crippen LogP contribution in [0.5, 0.6) is 5.75 Å². The molecule has 0 saturated carbocycles. The summed E-state index contributed by atoms with van der Waals surface area (Å²) >= 11 is 1.73. The molecule has 0 aliphatic carbocycles. The van der Waals surface area contributed by atoms with Gasteiger partial charge >= 0.3 is 0 Å². The predicted molar refractivity (Wildman–Crippen MR) is 130 cm³/mol. The van der Waals surface area contributed by atoms with Crippen LogP contribution >= 0.6 is 11.3 Å². The van der Waals surface area contributed by atoms with Crippen LogP contribution in [0.1, 0.15) is 0 Å². The predicted octanol–water partition coefficient (Wildman–Crippen LogP) is 5.67. The standard InChI is InChI=1S/C26H21NO4S/c1-29-16-8-9-17-19-5-3-6-20(26(19)32-23(17)14-16)18-4-2-7-21-22(28)15-24(31-25(18)21)27-10-12-30-13-11-27/h2-9,14-15H,10-13H2,1H3. The van der Waals surface area contributed by atoms with Crippen LogP contribution in [-0.4, -0.2) is 33.4 Å². The Morgan fingerprint density at radius 3 is 2.50 bits per heavy atom. The van der Waals surface area contributed by atoms with Crippen LogP contribution in [0.4, 0.5) is 5.88 Å². The second kappa shape index (κ2) is 7.65. The Labute approximate surface area is 188 Å². The van der Waals surface area contributed by atoms with Crippen LogP contribution in [0, 0.1) is 0 Å². The van der Waals surface area contributed by atoms with Crippen molar-refractivity contribution in [1.29, 1.82) is 0 Å². The van der Waals surface area contributed by atoms with Gasteiger partial charge in [-0.2, -0.15) is 0 Å². The maximum absolute atomic E-state index is 13.0. The average Bonchev–Trinajstić information content (AvgIpc) is 3.22. The fourth-order valence-electron chi connectivity index (χ4n) is 4.43. The lowest BCUT2D eigenvalue weighted by Gasteiger charge is -2.27. The van der Waals surface area contributed by atoms with Crippen LogP contribution in [0.25, 0.3) is 42.3 Å². The Balaban J connectivity index is 1.60. The monoisotopic (exact) mass is 443 g/mol. The number of nitrogens with zero attached hydrogens (tertiary/aromatic N) is 1. The van der Waals surface area contributed by atoms with Gasteiger partial charge in [0.2, 0.25) is 0 Å². The Bertz CT molecular complexity index is 1530. The zero-order chi connectivity index (χ0) is 21.7. The Morgan fingerprint density at radius 1 is 0.906 bits per heavy atom. The van der Waals surface area contributed by atoms with Crippen molar-refractivity contribution in [3.05, 3.63) is 70.9 Å². The van der Waals surface area contributed by atoms with E-state index >= 15 is 0 Å². The number of para-hydroxylation sites is 1. The van der Waals surface area contributed by atoms with Crippen LogP contribution in [0.3, 0.4) is 0 Å².